The topological polar surface area (TPSA) is 97.4 Å². The van der Waals surface area contributed by atoms with E-state index in [0.717, 1.165) is 22.2 Å². The lowest BCUT2D eigenvalue weighted by Crippen LogP contribution is -2.39. The lowest BCUT2D eigenvalue weighted by Gasteiger charge is -2.22. The first-order valence-electron chi connectivity index (χ1n) is 10.2. The zero-order valence-corrected chi connectivity index (χ0v) is 18.5. The van der Waals surface area contributed by atoms with Crippen LogP contribution in [0.5, 0.6) is 5.75 Å². The Kier molecular flexibility index (Phi) is 6.10. The van der Waals surface area contributed by atoms with Crippen LogP contribution in [0.1, 0.15) is 35.6 Å². The van der Waals surface area contributed by atoms with Crippen LogP contribution in [0, 0.1) is 13.8 Å². The van der Waals surface area contributed by atoms with E-state index in [2.05, 4.69) is 15.6 Å². The Labute approximate surface area is 190 Å². The molecule has 0 aliphatic carbocycles. The highest BCUT2D eigenvalue weighted by Crippen LogP contribution is 2.30. The first-order valence-corrected chi connectivity index (χ1v) is 10.6. The zero-order valence-electron chi connectivity index (χ0n) is 17.7. The summed E-state index contributed by atoms with van der Waals surface area (Å²) in [5, 5.41) is 6.57. The number of nitrogens with one attached hydrogen (secondary N) is 2. The SMILES string of the molecule is Cc1ccc(NC(=O)COc2ccc3cc(C4CCC(=O)NC4=O)c(C)nc3c2)cc1Cl. The van der Waals surface area contributed by atoms with Crippen molar-refractivity contribution in [3.8, 4) is 5.75 Å². The minimum atomic E-state index is -0.389. The van der Waals surface area contributed by atoms with Gasteiger partial charge in [-0.3, -0.25) is 24.7 Å². The lowest BCUT2D eigenvalue weighted by molar-refractivity contribution is -0.134. The third-order valence-corrected chi connectivity index (χ3v) is 5.87. The van der Waals surface area contributed by atoms with Gasteiger partial charge in [0.15, 0.2) is 6.61 Å². The number of halogens is 1. The summed E-state index contributed by atoms with van der Waals surface area (Å²) in [5.41, 5.74) is 3.76. The van der Waals surface area contributed by atoms with Gasteiger partial charge >= 0.3 is 0 Å². The molecule has 0 spiro atoms. The van der Waals surface area contributed by atoms with Gasteiger partial charge in [-0.15, -0.1) is 0 Å². The molecule has 7 nitrogen and oxygen atoms in total. The molecule has 0 bridgehead atoms. The quantitative estimate of drug-likeness (QED) is 0.570. The third kappa shape index (κ3) is 4.73. The van der Waals surface area contributed by atoms with Crippen molar-refractivity contribution in [3.63, 3.8) is 0 Å². The number of hydrogen-bond donors (Lipinski definition) is 2. The van der Waals surface area contributed by atoms with Gasteiger partial charge in [0.05, 0.1) is 11.4 Å². The minimum absolute atomic E-state index is 0.162. The van der Waals surface area contributed by atoms with Gasteiger partial charge in [-0.25, -0.2) is 0 Å². The van der Waals surface area contributed by atoms with Crippen LogP contribution in [0.2, 0.25) is 5.02 Å². The number of anilines is 1. The molecule has 3 aromatic rings. The molecular formula is C24H22ClN3O4. The molecule has 1 aliphatic heterocycles. The number of ether oxygens (including phenoxy) is 1. The summed E-state index contributed by atoms with van der Waals surface area (Å²) in [6, 6.07) is 12.6. The second-order valence-corrected chi connectivity index (χ2v) is 8.23. The average molecular weight is 452 g/mol. The smallest absolute Gasteiger partial charge is 0.262 e. The summed E-state index contributed by atoms with van der Waals surface area (Å²) in [5.74, 6) is -0.711. The Morgan fingerprint density at radius 2 is 2.00 bits per heavy atom. The van der Waals surface area contributed by atoms with Crippen LogP contribution in [-0.4, -0.2) is 29.3 Å². The van der Waals surface area contributed by atoms with E-state index in [9.17, 15) is 14.4 Å². The Morgan fingerprint density at radius 3 is 2.75 bits per heavy atom. The maximum atomic E-state index is 12.2. The van der Waals surface area contributed by atoms with Crippen LogP contribution in [0.15, 0.2) is 42.5 Å². The molecule has 0 saturated carbocycles. The van der Waals surface area contributed by atoms with Gasteiger partial charge < -0.3 is 10.1 Å². The Balaban J connectivity index is 1.45. The number of carbonyl (C=O) groups is 3. The van der Waals surface area contributed by atoms with Crippen molar-refractivity contribution in [2.75, 3.05) is 11.9 Å². The van der Waals surface area contributed by atoms with Gasteiger partial charge in [0, 0.05) is 34.3 Å². The van der Waals surface area contributed by atoms with E-state index in [1.165, 1.54) is 0 Å². The average Bonchev–Trinajstić information content (AvgIpc) is 2.75. The van der Waals surface area contributed by atoms with Gasteiger partial charge in [-0.1, -0.05) is 17.7 Å². The maximum absolute atomic E-state index is 12.2. The highest BCUT2D eigenvalue weighted by Gasteiger charge is 2.29. The Hall–Kier alpha value is -3.45. The number of nitrogens with zero attached hydrogens (tertiary/aromatic N) is 1. The number of aryl methyl sites for hydroxylation is 2. The molecule has 2 heterocycles. The number of benzene rings is 2. The summed E-state index contributed by atoms with van der Waals surface area (Å²) in [6.07, 6.45) is 0.790. The van der Waals surface area contributed by atoms with E-state index in [4.69, 9.17) is 16.3 Å². The van der Waals surface area contributed by atoms with Crippen LogP contribution in [0.25, 0.3) is 10.9 Å². The van der Waals surface area contributed by atoms with E-state index in [1.807, 2.05) is 32.0 Å². The zero-order chi connectivity index (χ0) is 22.8. The summed E-state index contributed by atoms with van der Waals surface area (Å²) in [6.45, 7) is 3.57. The predicted molar refractivity (Wildman–Crippen MR) is 122 cm³/mol. The molecule has 164 valence electrons. The number of carbonyl (C=O) groups excluding carboxylic acids is 3. The molecule has 1 atom stereocenters. The van der Waals surface area contributed by atoms with Gasteiger partial charge in [-0.2, -0.15) is 0 Å². The number of pyridine rings is 1. The molecule has 3 amide bonds. The van der Waals surface area contributed by atoms with Crippen molar-refractivity contribution in [2.24, 2.45) is 0 Å². The molecule has 1 fully saturated rings. The first-order chi connectivity index (χ1) is 15.3. The number of imide groups is 1. The van der Waals surface area contributed by atoms with Gasteiger partial charge in [0.2, 0.25) is 11.8 Å². The van der Waals surface area contributed by atoms with Crippen molar-refractivity contribution < 1.29 is 19.1 Å². The number of amides is 3. The number of aromatic nitrogens is 1. The van der Waals surface area contributed by atoms with Crippen LogP contribution in [0.3, 0.4) is 0 Å². The normalized spacial score (nSPS) is 16.0. The summed E-state index contributed by atoms with van der Waals surface area (Å²) < 4.78 is 5.63. The van der Waals surface area contributed by atoms with E-state index < -0.39 is 0 Å². The molecule has 0 radical (unpaired) electrons. The number of rotatable bonds is 5. The number of hydrogen-bond acceptors (Lipinski definition) is 5. The molecule has 8 heteroatoms. The predicted octanol–water partition coefficient (Wildman–Crippen LogP) is 4.04. The lowest BCUT2D eigenvalue weighted by atomic mass is 9.89. The molecule has 4 rings (SSSR count). The number of piperidine rings is 1. The Bertz CT molecular complexity index is 1240. The molecule has 1 aliphatic rings. The molecule has 2 N–H and O–H groups in total. The third-order valence-electron chi connectivity index (χ3n) is 5.46. The van der Waals surface area contributed by atoms with Crippen molar-refractivity contribution in [3.05, 3.63) is 64.3 Å². The van der Waals surface area contributed by atoms with Gasteiger partial charge in [0.25, 0.3) is 5.91 Å². The van der Waals surface area contributed by atoms with Gasteiger partial charge in [-0.05, 0) is 61.7 Å². The fourth-order valence-corrected chi connectivity index (χ4v) is 3.89. The standard InChI is InChI=1S/C24H22ClN3O4/c1-13-3-5-16(10-20(13)25)27-23(30)12-32-17-6-4-15-9-19(14(2)26-21(15)11-17)18-7-8-22(29)28-24(18)31/h3-6,9-11,18H,7-8,12H2,1-2H3,(H,27,30)(H,28,29,31). The fourth-order valence-electron chi connectivity index (χ4n) is 3.71. The van der Waals surface area contributed by atoms with Crippen LogP contribution in [0.4, 0.5) is 5.69 Å². The first kappa shape index (κ1) is 21.8. The van der Waals surface area contributed by atoms with E-state index in [0.29, 0.717) is 34.8 Å². The van der Waals surface area contributed by atoms with E-state index >= 15 is 0 Å². The number of fused-ring (bicyclic) bond motifs is 1. The summed E-state index contributed by atoms with van der Waals surface area (Å²) in [4.78, 5) is 40.5. The second kappa shape index (κ2) is 8.96. The molecule has 1 saturated heterocycles. The summed E-state index contributed by atoms with van der Waals surface area (Å²) in [7, 11) is 0. The molecular weight excluding hydrogens is 430 g/mol. The molecule has 1 aromatic heterocycles. The highest BCUT2D eigenvalue weighted by atomic mass is 35.5. The van der Waals surface area contributed by atoms with Crippen molar-refractivity contribution in [1.82, 2.24) is 10.3 Å². The van der Waals surface area contributed by atoms with Crippen molar-refractivity contribution in [1.29, 1.82) is 0 Å². The van der Waals surface area contributed by atoms with Crippen LogP contribution >= 0.6 is 11.6 Å². The summed E-state index contributed by atoms with van der Waals surface area (Å²) >= 11 is 6.09. The highest BCUT2D eigenvalue weighted by molar-refractivity contribution is 6.31. The van der Waals surface area contributed by atoms with Crippen molar-refractivity contribution in [2.45, 2.75) is 32.6 Å². The van der Waals surface area contributed by atoms with E-state index in [-0.39, 0.29) is 30.2 Å². The fraction of sp³-hybridized carbons (Fsp3) is 0.250. The van der Waals surface area contributed by atoms with Crippen LogP contribution in [-0.2, 0) is 14.4 Å². The molecule has 32 heavy (non-hydrogen) atoms. The second-order valence-electron chi connectivity index (χ2n) is 7.82. The van der Waals surface area contributed by atoms with Crippen molar-refractivity contribution >= 4 is 45.9 Å². The minimum Gasteiger partial charge on any atom is -0.484 e. The monoisotopic (exact) mass is 451 g/mol. The maximum Gasteiger partial charge on any atom is 0.262 e. The van der Waals surface area contributed by atoms with Gasteiger partial charge in [0.1, 0.15) is 5.75 Å². The molecule has 2 aromatic carbocycles. The molecule has 1 unspecified atom stereocenters. The largest absolute Gasteiger partial charge is 0.484 e. The van der Waals surface area contributed by atoms with Crippen LogP contribution < -0.4 is 15.4 Å². The Morgan fingerprint density at radius 1 is 1.19 bits per heavy atom. The van der Waals surface area contributed by atoms with E-state index in [1.54, 1.807) is 24.3 Å².